The molecule has 1 saturated heterocycles. The number of benzene rings is 1. The van der Waals surface area contributed by atoms with Crippen LogP contribution >= 0.6 is 0 Å². The zero-order valence-electron chi connectivity index (χ0n) is 15.2. The number of carboxylic acids is 1. The zero-order chi connectivity index (χ0) is 19.3. The van der Waals surface area contributed by atoms with E-state index in [9.17, 15) is 24.8 Å². The van der Waals surface area contributed by atoms with Gasteiger partial charge in [-0.1, -0.05) is 13.8 Å². The minimum Gasteiger partial charge on any atom is -0.481 e. The van der Waals surface area contributed by atoms with Crippen LogP contribution in [0, 0.1) is 15.5 Å². The van der Waals surface area contributed by atoms with Crippen LogP contribution in [-0.4, -0.2) is 41.5 Å². The summed E-state index contributed by atoms with van der Waals surface area (Å²) < 4.78 is 0. The van der Waals surface area contributed by atoms with Gasteiger partial charge in [0.25, 0.3) is 11.6 Å². The van der Waals surface area contributed by atoms with E-state index >= 15 is 0 Å². The Bertz CT molecular complexity index is 694. The first-order valence-electron chi connectivity index (χ1n) is 8.89. The number of nitrogens with one attached hydrogen (secondary N) is 1. The van der Waals surface area contributed by atoms with Gasteiger partial charge in [-0.25, -0.2) is 0 Å². The van der Waals surface area contributed by atoms with Crippen LogP contribution in [0.2, 0.25) is 0 Å². The molecule has 0 atom stereocenters. The number of hydrogen-bond acceptors (Lipinski definition) is 5. The number of carbonyl (C=O) groups excluding carboxylic acids is 1. The van der Waals surface area contributed by atoms with Crippen molar-refractivity contribution in [3.8, 4) is 0 Å². The first kappa shape index (κ1) is 19.7. The average molecular weight is 363 g/mol. The van der Waals surface area contributed by atoms with Crippen LogP contribution < -0.4 is 10.2 Å². The first-order valence-corrected chi connectivity index (χ1v) is 8.89. The lowest BCUT2D eigenvalue weighted by molar-refractivity contribution is -0.384. The Morgan fingerprint density at radius 2 is 1.88 bits per heavy atom. The van der Waals surface area contributed by atoms with Gasteiger partial charge in [0, 0.05) is 31.3 Å². The number of nitrogens with zero attached hydrogens (tertiary/aromatic N) is 2. The lowest BCUT2D eigenvalue weighted by Crippen LogP contribution is -2.42. The van der Waals surface area contributed by atoms with Crippen LogP contribution in [0.25, 0.3) is 0 Å². The van der Waals surface area contributed by atoms with E-state index in [1.165, 1.54) is 6.07 Å². The highest BCUT2D eigenvalue weighted by Gasteiger charge is 2.35. The Kier molecular flexibility index (Phi) is 6.18. The maximum Gasteiger partial charge on any atom is 0.311 e. The molecule has 0 spiro atoms. The largest absolute Gasteiger partial charge is 0.481 e. The number of carboxylic acid groups (broad SMARTS) is 1. The summed E-state index contributed by atoms with van der Waals surface area (Å²) >= 11 is 0. The van der Waals surface area contributed by atoms with Crippen molar-refractivity contribution >= 4 is 23.3 Å². The molecule has 1 fully saturated rings. The Balaban J connectivity index is 2.20. The summed E-state index contributed by atoms with van der Waals surface area (Å²) in [5.41, 5.74) is -0.455. The number of anilines is 1. The molecule has 0 aromatic heterocycles. The van der Waals surface area contributed by atoms with Crippen molar-refractivity contribution in [1.82, 2.24) is 5.32 Å². The molecule has 2 N–H and O–H groups in total. The lowest BCUT2D eigenvalue weighted by Gasteiger charge is -2.26. The molecule has 0 unspecified atom stereocenters. The smallest absolute Gasteiger partial charge is 0.311 e. The van der Waals surface area contributed by atoms with E-state index in [-0.39, 0.29) is 17.8 Å². The summed E-state index contributed by atoms with van der Waals surface area (Å²) in [6.07, 6.45) is 2.75. The Morgan fingerprint density at radius 3 is 2.38 bits per heavy atom. The third-order valence-corrected chi connectivity index (χ3v) is 5.28. The highest BCUT2D eigenvalue weighted by Crippen LogP contribution is 2.32. The number of hydrogen-bond donors (Lipinski definition) is 2. The van der Waals surface area contributed by atoms with E-state index in [1.807, 2.05) is 4.90 Å². The highest BCUT2D eigenvalue weighted by atomic mass is 16.6. The van der Waals surface area contributed by atoms with Crippen molar-refractivity contribution < 1.29 is 19.6 Å². The molecule has 1 amide bonds. The number of rotatable bonds is 8. The summed E-state index contributed by atoms with van der Waals surface area (Å²) in [7, 11) is 0. The molecule has 8 heteroatoms. The molecular formula is C18H25N3O5. The van der Waals surface area contributed by atoms with Gasteiger partial charge < -0.3 is 15.3 Å². The second-order valence-corrected chi connectivity index (χ2v) is 6.63. The molecule has 0 saturated carbocycles. The fraction of sp³-hybridized carbons (Fsp3) is 0.556. The quantitative estimate of drug-likeness (QED) is 0.542. The SMILES string of the molecule is CCC(CC)(CNC(=O)c1ccc(N2CCCC2)c([N+](=O)[O-])c1)C(=O)O. The summed E-state index contributed by atoms with van der Waals surface area (Å²) in [4.78, 5) is 36.8. The van der Waals surface area contributed by atoms with Gasteiger partial charge in [-0.2, -0.15) is 0 Å². The van der Waals surface area contributed by atoms with Crippen LogP contribution in [0.5, 0.6) is 0 Å². The molecule has 1 aromatic rings. The lowest BCUT2D eigenvalue weighted by atomic mass is 9.82. The van der Waals surface area contributed by atoms with Crippen molar-refractivity contribution in [2.45, 2.75) is 39.5 Å². The predicted octanol–water partition coefficient (Wildman–Crippen LogP) is 2.82. The monoisotopic (exact) mass is 363 g/mol. The van der Waals surface area contributed by atoms with Crippen molar-refractivity contribution in [3.05, 3.63) is 33.9 Å². The van der Waals surface area contributed by atoms with Crippen LogP contribution in [-0.2, 0) is 4.79 Å². The second-order valence-electron chi connectivity index (χ2n) is 6.63. The number of amides is 1. The summed E-state index contributed by atoms with van der Waals surface area (Å²) in [5.74, 6) is -1.47. The predicted molar refractivity (Wildman–Crippen MR) is 97.5 cm³/mol. The minimum absolute atomic E-state index is 0.0180. The number of aliphatic carboxylic acids is 1. The molecule has 26 heavy (non-hydrogen) atoms. The van der Waals surface area contributed by atoms with Gasteiger partial charge in [-0.3, -0.25) is 19.7 Å². The van der Waals surface area contributed by atoms with Gasteiger partial charge in [0.05, 0.1) is 10.3 Å². The molecule has 1 aromatic carbocycles. The van der Waals surface area contributed by atoms with E-state index in [0.717, 1.165) is 25.9 Å². The molecule has 0 bridgehead atoms. The fourth-order valence-electron chi connectivity index (χ4n) is 3.27. The normalized spacial score (nSPS) is 14.3. The van der Waals surface area contributed by atoms with Crippen LogP contribution in [0.3, 0.4) is 0 Å². The van der Waals surface area contributed by atoms with Gasteiger partial charge >= 0.3 is 5.97 Å². The maximum absolute atomic E-state index is 12.4. The Hall–Kier alpha value is -2.64. The third-order valence-electron chi connectivity index (χ3n) is 5.28. The number of nitro groups is 1. The van der Waals surface area contributed by atoms with Crippen LogP contribution in [0.15, 0.2) is 18.2 Å². The van der Waals surface area contributed by atoms with Gasteiger partial charge in [-0.05, 0) is 37.8 Å². The average Bonchev–Trinajstić information content (AvgIpc) is 3.16. The summed E-state index contributed by atoms with van der Waals surface area (Å²) in [5, 5.41) is 23.5. The van der Waals surface area contributed by atoms with Gasteiger partial charge in [0.2, 0.25) is 0 Å². The molecule has 1 aliphatic rings. The van der Waals surface area contributed by atoms with E-state index in [1.54, 1.807) is 26.0 Å². The molecule has 142 valence electrons. The number of carbonyl (C=O) groups is 2. The van der Waals surface area contributed by atoms with E-state index in [2.05, 4.69) is 5.32 Å². The second kappa shape index (κ2) is 8.16. The summed E-state index contributed by atoms with van der Waals surface area (Å²) in [6, 6.07) is 4.42. The molecule has 8 nitrogen and oxygen atoms in total. The first-order chi connectivity index (χ1) is 12.3. The van der Waals surface area contributed by atoms with E-state index in [0.29, 0.717) is 18.5 Å². The minimum atomic E-state index is -1.03. The zero-order valence-corrected chi connectivity index (χ0v) is 15.2. The molecular weight excluding hydrogens is 338 g/mol. The van der Waals surface area contributed by atoms with Crippen molar-refractivity contribution in [1.29, 1.82) is 0 Å². The van der Waals surface area contributed by atoms with Crippen molar-refractivity contribution in [2.24, 2.45) is 5.41 Å². The molecule has 1 heterocycles. The van der Waals surface area contributed by atoms with Gasteiger partial charge in [0.15, 0.2) is 0 Å². The topological polar surface area (TPSA) is 113 Å². The molecule has 0 aliphatic carbocycles. The van der Waals surface area contributed by atoms with Crippen molar-refractivity contribution in [3.63, 3.8) is 0 Å². The molecule has 0 radical (unpaired) electrons. The van der Waals surface area contributed by atoms with Crippen LogP contribution in [0.4, 0.5) is 11.4 Å². The summed E-state index contributed by atoms with van der Waals surface area (Å²) in [6.45, 7) is 5.04. The number of nitro benzene ring substituents is 1. The Labute approximate surface area is 152 Å². The maximum atomic E-state index is 12.4. The van der Waals surface area contributed by atoms with E-state index < -0.39 is 22.2 Å². The fourth-order valence-corrected chi connectivity index (χ4v) is 3.27. The standard InChI is InChI=1S/C18H25N3O5/c1-3-18(4-2,17(23)24)12-19-16(22)13-7-8-14(15(11-13)21(25)26)20-9-5-6-10-20/h7-8,11H,3-6,9-10,12H2,1-2H3,(H,19,22)(H,23,24). The Morgan fingerprint density at radius 1 is 1.27 bits per heavy atom. The van der Waals surface area contributed by atoms with Gasteiger partial charge in [-0.15, -0.1) is 0 Å². The highest BCUT2D eigenvalue weighted by molar-refractivity contribution is 5.96. The van der Waals surface area contributed by atoms with Crippen molar-refractivity contribution in [2.75, 3.05) is 24.5 Å². The van der Waals surface area contributed by atoms with Gasteiger partial charge in [0.1, 0.15) is 5.69 Å². The molecule has 2 rings (SSSR count). The molecule has 1 aliphatic heterocycles. The van der Waals surface area contributed by atoms with Crippen LogP contribution in [0.1, 0.15) is 49.9 Å². The third kappa shape index (κ3) is 3.95. The van der Waals surface area contributed by atoms with E-state index in [4.69, 9.17) is 0 Å².